The molecular formula is C28H29BrN4O4. The lowest BCUT2D eigenvalue weighted by molar-refractivity contribution is -0.131. The zero-order chi connectivity index (χ0) is 26.5. The van der Waals surface area contributed by atoms with Gasteiger partial charge in [-0.25, -0.2) is 4.79 Å². The van der Waals surface area contributed by atoms with E-state index in [0.717, 1.165) is 37.4 Å². The topological polar surface area (TPSA) is 98.5 Å². The van der Waals surface area contributed by atoms with Crippen molar-refractivity contribution in [2.75, 3.05) is 19.6 Å². The van der Waals surface area contributed by atoms with E-state index in [9.17, 15) is 14.4 Å². The molecule has 9 heteroatoms. The summed E-state index contributed by atoms with van der Waals surface area (Å²) in [6, 6.07) is 11.1. The van der Waals surface area contributed by atoms with Crippen molar-refractivity contribution in [3.05, 3.63) is 70.0 Å². The van der Waals surface area contributed by atoms with Crippen molar-refractivity contribution in [1.82, 2.24) is 19.8 Å². The van der Waals surface area contributed by atoms with Crippen molar-refractivity contribution in [3.63, 3.8) is 0 Å². The highest BCUT2D eigenvalue weighted by Crippen LogP contribution is 2.34. The molecule has 0 spiro atoms. The van der Waals surface area contributed by atoms with E-state index in [4.69, 9.17) is 4.74 Å². The number of nitrogens with zero attached hydrogens (tertiary/aromatic N) is 2. The number of hydrogen-bond donors (Lipinski definition) is 2. The predicted molar refractivity (Wildman–Crippen MR) is 146 cm³/mol. The molecule has 4 aromatic rings. The molecule has 2 amide bonds. The average Bonchev–Trinajstić information content (AvgIpc) is 3.45. The van der Waals surface area contributed by atoms with Gasteiger partial charge in [-0.2, -0.15) is 0 Å². The van der Waals surface area contributed by atoms with Gasteiger partial charge in [-0.3, -0.25) is 9.59 Å². The summed E-state index contributed by atoms with van der Waals surface area (Å²) in [6.07, 6.45) is 3.00. The van der Waals surface area contributed by atoms with Gasteiger partial charge in [0.2, 0.25) is 0 Å². The van der Waals surface area contributed by atoms with Gasteiger partial charge in [0.15, 0.2) is 0 Å². The molecular weight excluding hydrogens is 536 g/mol. The molecule has 8 nitrogen and oxygen atoms in total. The molecule has 37 heavy (non-hydrogen) atoms. The molecule has 0 radical (unpaired) electrons. The molecule has 1 atom stereocenters. The van der Waals surface area contributed by atoms with Crippen LogP contribution in [0.15, 0.2) is 53.3 Å². The molecule has 192 valence electrons. The molecule has 2 N–H and O–H groups in total. The second-order valence-corrected chi connectivity index (χ2v) is 11.4. The number of carbonyl (C=O) groups is 3. The summed E-state index contributed by atoms with van der Waals surface area (Å²) in [7, 11) is 0. The summed E-state index contributed by atoms with van der Waals surface area (Å²) in [6.45, 7) is 8.09. The Morgan fingerprint density at radius 3 is 2.43 bits per heavy atom. The van der Waals surface area contributed by atoms with Crippen LogP contribution in [0, 0.1) is 6.92 Å². The first-order chi connectivity index (χ1) is 17.5. The lowest BCUT2D eigenvalue weighted by Gasteiger charge is -2.41. The Kier molecular flexibility index (Phi) is 6.35. The van der Waals surface area contributed by atoms with E-state index < -0.39 is 29.4 Å². The number of ketones is 1. The number of aromatic nitrogens is 2. The van der Waals surface area contributed by atoms with Gasteiger partial charge in [0, 0.05) is 63.9 Å². The normalized spacial score (nSPS) is 16.4. The third-order valence-electron chi connectivity index (χ3n) is 6.60. The van der Waals surface area contributed by atoms with Gasteiger partial charge < -0.3 is 24.5 Å². The quantitative estimate of drug-likeness (QED) is 0.245. The van der Waals surface area contributed by atoms with E-state index in [2.05, 4.69) is 25.9 Å². The highest BCUT2D eigenvalue weighted by Gasteiger charge is 2.39. The summed E-state index contributed by atoms with van der Waals surface area (Å²) < 4.78 is 6.50. The third-order valence-corrected chi connectivity index (χ3v) is 7.10. The van der Waals surface area contributed by atoms with Gasteiger partial charge >= 0.3 is 6.09 Å². The molecule has 2 aromatic heterocycles. The molecule has 1 saturated heterocycles. The standard InChI is InChI=1S/C28H29BrN4O4/c1-16-5-7-22-18(11-16)21(14-31-22)25(34)26(35)33-10-9-32(27(36)37-28(2,3)4)15-24(33)20-13-30-23-8-6-17(29)12-19(20)23/h5-8,11-14,24,30-31H,9-10,15H2,1-4H3. The fourth-order valence-corrected chi connectivity index (χ4v) is 5.20. The van der Waals surface area contributed by atoms with E-state index in [0.29, 0.717) is 5.56 Å². The van der Waals surface area contributed by atoms with Crippen molar-refractivity contribution >= 4 is 55.5 Å². The Morgan fingerprint density at radius 1 is 0.973 bits per heavy atom. The Hall–Kier alpha value is -3.59. The summed E-state index contributed by atoms with van der Waals surface area (Å²) >= 11 is 3.53. The lowest BCUT2D eigenvalue weighted by atomic mass is 9.99. The highest BCUT2D eigenvalue weighted by molar-refractivity contribution is 9.10. The van der Waals surface area contributed by atoms with Gasteiger partial charge in [-0.05, 0) is 58.0 Å². The Labute approximate surface area is 223 Å². The Balaban J connectivity index is 1.52. The van der Waals surface area contributed by atoms with Gasteiger partial charge in [0.05, 0.1) is 11.6 Å². The fourth-order valence-electron chi connectivity index (χ4n) is 4.84. The molecule has 3 heterocycles. The molecule has 0 aliphatic carbocycles. The molecule has 5 rings (SSSR count). The van der Waals surface area contributed by atoms with Crippen LogP contribution < -0.4 is 0 Å². The van der Waals surface area contributed by atoms with Crippen LogP contribution >= 0.6 is 15.9 Å². The maximum Gasteiger partial charge on any atom is 0.410 e. The smallest absolute Gasteiger partial charge is 0.410 e. The van der Waals surface area contributed by atoms with E-state index in [1.54, 1.807) is 16.0 Å². The Morgan fingerprint density at radius 2 is 1.68 bits per heavy atom. The number of halogens is 1. The number of H-pyrrole nitrogens is 2. The highest BCUT2D eigenvalue weighted by atomic mass is 79.9. The first-order valence-corrected chi connectivity index (χ1v) is 13.0. The summed E-state index contributed by atoms with van der Waals surface area (Å²) in [5, 5.41) is 1.64. The largest absolute Gasteiger partial charge is 0.444 e. The van der Waals surface area contributed by atoms with Crippen LogP contribution in [0.2, 0.25) is 0 Å². The first-order valence-electron chi connectivity index (χ1n) is 12.2. The van der Waals surface area contributed by atoms with E-state index >= 15 is 0 Å². The molecule has 0 bridgehead atoms. The first kappa shape index (κ1) is 25.1. The lowest BCUT2D eigenvalue weighted by Crippen LogP contribution is -2.54. The number of aromatic amines is 2. The number of hydrogen-bond acceptors (Lipinski definition) is 4. The van der Waals surface area contributed by atoms with Crippen molar-refractivity contribution in [2.45, 2.75) is 39.3 Å². The number of piperazine rings is 1. The summed E-state index contributed by atoms with van der Waals surface area (Å²) in [5.41, 5.74) is 3.24. The van der Waals surface area contributed by atoms with Crippen molar-refractivity contribution in [3.8, 4) is 0 Å². The minimum atomic E-state index is -0.644. The number of rotatable bonds is 3. The maximum absolute atomic E-state index is 13.7. The van der Waals surface area contributed by atoms with Crippen LogP contribution in [0.1, 0.15) is 48.3 Å². The molecule has 0 saturated carbocycles. The van der Waals surface area contributed by atoms with Crippen LogP contribution in [0.5, 0.6) is 0 Å². The summed E-state index contributed by atoms with van der Waals surface area (Å²) in [5.74, 6) is -1.17. The van der Waals surface area contributed by atoms with E-state index in [1.165, 1.54) is 0 Å². The number of ether oxygens (including phenoxy) is 1. The number of Topliss-reactive ketones (excluding diaryl/α,β-unsaturated/α-hetero) is 1. The molecule has 1 fully saturated rings. The van der Waals surface area contributed by atoms with Gasteiger partial charge in [0.25, 0.3) is 11.7 Å². The molecule has 1 aliphatic rings. The third kappa shape index (κ3) is 4.87. The number of fused-ring (bicyclic) bond motifs is 2. The van der Waals surface area contributed by atoms with Crippen LogP contribution in [0.25, 0.3) is 21.8 Å². The minimum Gasteiger partial charge on any atom is -0.444 e. The van der Waals surface area contributed by atoms with Crippen molar-refractivity contribution < 1.29 is 19.1 Å². The number of benzene rings is 2. The van der Waals surface area contributed by atoms with Crippen LogP contribution in [0.4, 0.5) is 4.79 Å². The number of amides is 2. The van der Waals surface area contributed by atoms with Crippen LogP contribution in [-0.4, -0.2) is 62.8 Å². The predicted octanol–water partition coefficient (Wildman–Crippen LogP) is 5.72. The zero-order valence-electron chi connectivity index (χ0n) is 21.2. The Bertz CT molecular complexity index is 1530. The monoisotopic (exact) mass is 564 g/mol. The second kappa shape index (κ2) is 9.37. The van der Waals surface area contributed by atoms with E-state index in [1.807, 2.05) is 70.3 Å². The number of aryl methyl sites for hydroxylation is 1. The van der Waals surface area contributed by atoms with Crippen LogP contribution in [0.3, 0.4) is 0 Å². The van der Waals surface area contributed by atoms with E-state index in [-0.39, 0.29) is 19.6 Å². The van der Waals surface area contributed by atoms with Gasteiger partial charge in [-0.1, -0.05) is 27.6 Å². The average molecular weight is 565 g/mol. The molecule has 1 unspecified atom stereocenters. The van der Waals surface area contributed by atoms with Gasteiger partial charge in [-0.15, -0.1) is 0 Å². The van der Waals surface area contributed by atoms with Crippen LogP contribution in [-0.2, 0) is 9.53 Å². The molecule has 1 aliphatic heterocycles. The minimum absolute atomic E-state index is 0.205. The SMILES string of the molecule is Cc1ccc2[nH]cc(C(=O)C(=O)N3CCN(C(=O)OC(C)(C)C)CC3c3c[nH]c4ccc(Br)cc34)c2c1. The number of nitrogens with one attached hydrogen (secondary N) is 2. The van der Waals surface area contributed by atoms with Crippen molar-refractivity contribution in [1.29, 1.82) is 0 Å². The fraction of sp³-hybridized carbons (Fsp3) is 0.321. The van der Waals surface area contributed by atoms with Crippen molar-refractivity contribution in [2.24, 2.45) is 0 Å². The molecule has 2 aromatic carbocycles. The zero-order valence-corrected chi connectivity index (χ0v) is 22.8. The van der Waals surface area contributed by atoms with Gasteiger partial charge in [0.1, 0.15) is 5.60 Å². The summed E-state index contributed by atoms with van der Waals surface area (Å²) in [4.78, 5) is 49.8. The second-order valence-electron chi connectivity index (χ2n) is 10.5. The maximum atomic E-state index is 13.7. The number of carbonyl (C=O) groups excluding carboxylic acids is 3.